The fourth-order valence-corrected chi connectivity index (χ4v) is 3.16. The summed E-state index contributed by atoms with van der Waals surface area (Å²) in [7, 11) is 4.51. The van der Waals surface area contributed by atoms with Crippen LogP contribution in [0.1, 0.15) is 42.4 Å². The third-order valence-electron chi connectivity index (χ3n) is 4.94. The highest BCUT2D eigenvalue weighted by molar-refractivity contribution is 5.97. The lowest BCUT2D eigenvalue weighted by molar-refractivity contribution is -0.145. The van der Waals surface area contributed by atoms with Crippen molar-refractivity contribution < 1.29 is 37.7 Å². The Balaban J connectivity index is 1.52. The molecule has 10 nitrogen and oxygen atoms in total. The fourth-order valence-electron chi connectivity index (χ4n) is 3.16. The van der Waals surface area contributed by atoms with Gasteiger partial charge >= 0.3 is 5.97 Å². The second-order valence-electron chi connectivity index (χ2n) is 7.37. The van der Waals surface area contributed by atoms with E-state index in [-0.39, 0.29) is 37.0 Å². The minimum absolute atomic E-state index is 0.0223. The molecule has 0 unspecified atom stereocenters. The second kappa shape index (κ2) is 12.4. The van der Waals surface area contributed by atoms with Gasteiger partial charge in [0.05, 0.1) is 34.4 Å². The quantitative estimate of drug-likeness (QED) is 0.257. The van der Waals surface area contributed by atoms with Crippen LogP contribution < -0.4 is 18.9 Å². The van der Waals surface area contributed by atoms with Crippen LogP contribution in [0.4, 0.5) is 0 Å². The van der Waals surface area contributed by atoms with Crippen LogP contribution in [0.25, 0.3) is 11.5 Å². The maximum Gasteiger partial charge on any atom is 0.306 e. The number of ketones is 1. The Bertz CT molecular complexity index is 1120. The predicted octanol–water partition coefficient (Wildman–Crippen LogP) is 4.26. The standard InChI is InChI=1S/C25H28N2O8/c1-5-12-33-18-8-6-16(7-9-18)19(28)10-11-23(29)34-15-22-26-27-25(35-22)17-13-20(30-2)24(32-4)21(14-17)31-3/h6-9,13-14H,5,10-12,15H2,1-4H3. The molecule has 0 fully saturated rings. The highest BCUT2D eigenvalue weighted by Gasteiger charge is 2.18. The lowest BCUT2D eigenvalue weighted by Gasteiger charge is -2.12. The van der Waals surface area contributed by atoms with Crippen LogP contribution in [-0.2, 0) is 16.1 Å². The van der Waals surface area contributed by atoms with Crippen molar-refractivity contribution in [2.45, 2.75) is 32.8 Å². The number of rotatable bonds is 13. The highest BCUT2D eigenvalue weighted by Crippen LogP contribution is 2.40. The molecule has 0 spiro atoms. The Kier molecular flexibility index (Phi) is 9.05. The average Bonchev–Trinajstić information content (AvgIpc) is 3.37. The number of methoxy groups -OCH3 is 3. The molecule has 2 aromatic carbocycles. The summed E-state index contributed by atoms with van der Waals surface area (Å²) >= 11 is 0. The maximum atomic E-state index is 12.3. The number of carbonyl (C=O) groups excluding carboxylic acids is 2. The molecule has 0 aliphatic carbocycles. The summed E-state index contributed by atoms with van der Waals surface area (Å²) in [6, 6.07) is 10.2. The van der Waals surface area contributed by atoms with E-state index in [0.29, 0.717) is 40.7 Å². The van der Waals surface area contributed by atoms with Crippen molar-refractivity contribution in [1.29, 1.82) is 0 Å². The fraction of sp³-hybridized carbons (Fsp3) is 0.360. The van der Waals surface area contributed by atoms with E-state index in [1.165, 1.54) is 21.3 Å². The highest BCUT2D eigenvalue weighted by atomic mass is 16.5. The molecule has 35 heavy (non-hydrogen) atoms. The first-order valence-electron chi connectivity index (χ1n) is 11.0. The number of hydrogen-bond donors (Lipinski definition) is 0. The zero-order chi connectivity index (χ0) is 25.2. The van der Waals surface area contributed by atoms with Gasteiger partial charge in [-0.3, -0.25) is 9.59 Å². The summed E-state index contributed by atoms with van der Waals surface area (Å²) in [6.45, 7) is 2.42. The normalized spacial score (nSPS) is 10.5. The van der Waals surface area contributed by atoms with Crippen LogP contribution >= 0.6 is 0 Å². The van der Waals surface area contributed by atoms with E-state index >= 15 is 0 Å². The van der Waals surface area contributed by atoms with Crippen molar-refractivity contribution in [3.63, 3.8) is 0 Å². The monoisotopic (exact) mass is 484 g/mol. The van der Waals surface area contributed by atoms with Crippen LogP contribution in [0.5, 0.6) is 23.0 Å². The van der Waals surface area contributed by atoms with Gasteiger partial charge in [0.15, 0.2) is 23.9 Å². The number of aromatic nitrogens is 2. The van der Waals surface area contributed by atoms with E-state index in [4.69, 9.17) is 28.1 Å². The number of Topliss-reactive ketones (excluding diaryl/α,β-unsaturated/α-hetero) is 1. The van der Waals surface area contributed by atoms with E-state index in [1.54, 1.807) is 36.4 Å². The van der Waals surface area contributed by atoms with Crippen LogP contribution in [0.3, 0.4) is 0 Å². The molecular formula is C25H28N2O8. The molecule has 0 saturated carbocycles. The van der Waals surface area contributed by atoms with Crippen molar-refractivity contribution in [2.75, 3.05) is 27.9 Å². The number of hydrogen-bond acceptors (Lipinski definition) is 10. The zero-order valence-electron chi connectivity index (χ0n) is 20.2. The first kappa shape index (κ1) is 25.5. The Morgan fingerprint density at radius 3 is 2.20 bits per heavy atom. The van der Waals surface area contributed by atoms with E-state index in [0.717, 1.165) is 6.42 Å². The predicted molar refractivity (Wildman–Crippen MR) is 125 cm³/mol. The number of esters is 1. The Hall–Kier alpha value is -4.08. The molecule has 3 aromatic rings. The first-order chi connectivity index (χ1) is 17.0. The molecule has 1 heterocycles. The molecule has 3 rings (SSSR count). The molecule has 0 bridgehead atoms. The van der Waals surface area contributed by atoms with E-state index < -0.39 is 5.97 Å². The molecule has 186 valence electrons. The molecule has 0 amide bonds. The molecule has 0 atom stereocenters. The van der Waals surface area contributed by atoms with Crippen LogP contribution in [0.2, 0.25) is 0 Å². The molecule has 0 N–H and O–H groups in total. The van der Waals surface area contributed by atoms with Crippen molar-refractivity contribution in [3.05, 3.63) is 47.9 Å². The third kappa shape index (κ3) is 6.72. The second-order valence-corrected chi connectivity index (χ2v) is 7.37. The van der Waals surface area contributed by atoms with Crippen molar-refractivity contribution >= 4 is 11.8 Å². The number of carbonyl (C=O) groups is 2. The molecular weight excluding hydrogens is 456 g/mol. The van der Waals surface area contributed by atoms with Gasteiger partial charge in [-0.05, 0) is 42.8 Å². The van der Waals surface area contributed by atoms with Gasteiger partial charge in [0, 0.05) is 17.5 Å². The van der Waals surface area contributed by atoms with Gasteiger partial charge < -0.3 is 28.1 Å². The molecule has 0 radical (unpaired) electrons. The molecule has 0 aliphatic rings. The third-order valence-corrected chi connectivity index (χ3v) is 4.94. The maximum absolute atomic E-state index is 12.3. The molecule has 0 aliphatic heterocycles. The number of nitrogens with zero attached hydrogens (tertiary/aromatic N) is 2. The smallest absolute Gasteiger partial charge is 0.306 e. The summed E-state index contributed by atoms with van der Waals surface area (Å²) in [5.41, 5.74) is 1.05. The van der Waals surface area contributed by atoms with Crippen LogP contribution in [0, 0.1) is 0 Å². The summed E-state index contributed by atoms with van der Waals surface area (Å²) in [4.78, 5) is 24.4. The Labute approximate surface area is 203 Å². The topological polar surface area (TPSA) is 119 Å². The van der Waals surface area contributed by atoms with E-state index in [2.05, 4.69) is 10.2 Å². The van der Waals surface area contributed by atoms with Gasteiger partial charge in [-0.25, -0.2) is 0 Å². The van der Waals surface area contributed by atoms with Crippen LogP contribution in [0.15, 0.2) is 40.8 Å². The summed E-state index contributed by atoms with van der Waals surface area (Å²) in [5, 5.41) is 7.89. The summed E-state index contributed by atoms with van der Waals surface area (Å²) < 4.78 is 32.2. The Morgan fingerprint density at radius 2 is 1.60 bits per heavy atom. The minimum Gasteiger partial charge on any atom is -0.494 e. The van der Waals surface area contributed by atoms with Gasteiger partial charge in [0.2, 0.25) is 11.6 Å². The minimum atomic E-state index is -0.547. The number of ether oxygens (including phenoxy) is 5. The molecule has 10 heteroatoms. The SMILES string of the molecule is CCCOc1ccc(C(=O)CCC(=O)OCc2nnc(-c3cc(OC)c(OC)c(OC)c3)o2)cc1. The Morgan fingerprint density at radius 1 is 0.914 bits per heavy atom. The molecule has 1 aromatic heterocycles. The van der Waals surface area contributed by atoms with E-state index in [1.807, 2.05) is 6.92 Å². The summed E-state index contributed by atoms with van der Waals surface area (Å²) in [5.74, 6) is 1.59. The molecule has 0 saturated heterocycles. The lowest BCUT2D eigenvalue weighted by atomic mass is 10.1. The van der Waals surface area contributed by atoms with Gasteiger partial charge in [-0.15, -0.1) is 10.2 Å². The van der Waals surface area contributed by atoms with Gasteiger partial charge in [-0.2, -0.15) is 0 Å². The van der Waals surface area contributed by atoms with Gasteiger partial charge in [0.1, 0.15) is 5.75 Å². The average molecular weight is 485 g/mol. The van der Waals surface area contributed by atoms with Crippen LogP contribution in [-0.4, -0.2) is 49.9 Å². The van der Waals surface area contributed by atoms with Crippen molar-refractivity contribution in [3.8, 4) is 34.5 Å². The summed E-state index contributed by atoms with van der Waals surface area (Å²) in [6.07, 6.45) is 0.855. The van der Waals surface area contributed by atoms with Gasteiger partial charge in [0.25, 0.3) is 5.89 Å². The number of benzene rings is 2. The van der Waals surface area contributed by atoms with Crippen molar-refractivity contribution in [1.82, 2.24) is 10.2 Å². The van der Waals surface area contributed by atoms with Crippen molar-refractivity contribution in [2.24, 2.45) is 0 Å². The van der Waals surface area contributed by atoms with Gasteiger partial charge in [-0.1, -0.05) is 6.92 Å². The zero-order valence-corrected chi connectivity index (χ0v) is 20.2. The first-order valence-corrected chi connectivity index (χ1v) is 11.0. The van der Waals surface area contributed by atoms with E-state index in [9.17, 15) is 9.59 Å². The largest absolute Gasteiger partial charge is 0.494 e. The lowest BCUT2D eigenvalue weighted by Crippen LogP contribution is -2.08.